The van der Waals surface area contributed by atoms with Gasteiger partial charge in [-0.1, -0.05) is 97.9 Å². The molecule has 0 spiro atoms. The molecule has 6 rings (SSSR count). The molecule has 0 fully saturated rings. The van der Waals surface area contributed by atoms with Crippen LogP contribution in [0.4, 0.5) is 8.78 Å². The molecule has 2 aromatic heterocycles. The van der Waals surface area contributed by atoms with Crippen LogP contribution in [-0.4, -0.2) is 24.5 Å². The van der Waals surface area contributed by atoms with Crippen LogP contribution in [0.5, 0.6) is 0 Å². The molecule has 43 heavy (non-hydrogen) atoms. The van der Waals surface area contributed by atoms with Crippen molar-refractivity contribution >= 4 is 0 Å². The van der Waals surface area contributed by atoms with Crippen molar-refractivity contribution in [2.24, 2.45) is 7.05 Å². The number of benzene rings is 4. The first-order chi connectivity index (χ1) is 20.9. The Kier molecular flexibility index (Phi) is 7.97. The van der Waals surface area contributed by atoms with E-state index in [2.05, 4.69) is 65.5 Å². The maximum atomic E-state index is 16.0. The normalized spacial score (nSPS) is 13.1. The van der Waals surface area contributed by atoms with Gasteiger partial charge in [-0.05, 0) is 58.7 Å². The summed E-state index contributed by atoms with van der Waals surface area (Å²) in [6.07, 6.45) is 6.11. The van der Waals surface area contributed by atoms with Crippen molar-refractivity contribution in [3.63, 3.8) is 0 Å². The van der Waals surface area contributed by atoms with Crippen molar-refractivity contribution in [1.29, 1.82) is 0 Å². The third-order valence-corrected chi connectivity index (χ3v) is 8.51. The molecule has 216 valence electrons. The Labute approximate surface area is 250 Å². The molecular formula is C36H33F2N5. The molecule has 0 saturated heterocycles. The zero-order valence-corrected chi connectivity index (χ0v) is 24.2. The Morgan fingerprint density at radius 3 is 1.95 bits per heavy atom. The van der Waals surface area contributed by atoms with Crippen LogP contribution in [0.1, 0.15) is 41.0 Å². The van der Waals surface area contributed by atoms with Crippen molar-refractivity contribution < 1.29 is 8.78 Å². The van der Waals surface area contributed by atoms with Gasteiger partial charge in [0.05, 0.1) is 11.2 Å². The molecular weight excluding hydrogens is 540 g/mol. The number of halogens is 2. The van der Waals surface area contributed by atoms with Crippen LogP contribution >= 0.6 is 0 Å². The highest BCUT2D eigenvalue weighted by Gasteiger charge is 2.46. The lowest BCUT2D eigenvalue weighted by molar-refractivity contribution is 0.173. The molecule has 0 bridgehead atoms. The van der Waals surface area contributed by atoms with Crippen molar-refractivity contribution in [3.8, 4) is 11.3 Å². The second-order valence-electron chi connectivity index (χ2n) is 11.2. The Morgan fingerprint density at radius 2 is 1.42 bits per heavy atom. The van der Waals surface area contributed by atoms with Crippen molar-refractivity contribution in [3.05, 3.63) is 162 Å². The van der Waals surface area contributed by atoms with Crippen LogP contribution in [0.25, 0.3) is 11.3 Å². The van der Waals surface area contributed by atoms with Gasteiger partial charge in [0.15, 0.2) is 0 Å². The third kappa shape index (κ3) is 5.75. The Bertz CT molecular complexity index is 1720. The Hall–Kier alpha value is -4.91. The molecule has 0 saturated carbocycles. The van der Waals surface area contributed by atoms with Crippen molar-refractivity contribution in [2.75, 3.05) is 0 Å². The van der Waals surface area contributed by atoms with E-state index in [1.165, 1.54) is 12.4 Å². The lowest BCUT2D eigenvalue weighted by atomic mass is 9.65. The summed E-state index contributed by atoms with van der Waals surface area (Å²) in [6, 6.07) is 34.6. The number of nitrogens with zero attached hydrogens (tertiary/aromatic N) is 5. The lowest BCUT2D eigenvalue weighted by Crippen LogP contribution is -2.47. The fourth-order valence-electron chi connectivity index (χ4n) is 6.51. The minimum atomic E-state index is -0.808. The van der Waals surface area contributed by atoms with Gasteiger partial charge >= 0.3 is 0 Å². The lowest BCUT2D eigenvalue weighted by Gasteiger charge is -2.45. The molecule has 0 radical (unpaired) electrons. The molecule has 2 heterocycles. The maximum Gasteiger partial charge on any atom is 0.137 e. The van der Waals surface area contributed by atoms with Crippen molar-refractivity contribution in [1.82, 2.24) is 24.5 Å². The number of rotatable bonds is 10. The Morgan fingerprint density at radius 1 is 0.767 bits per heavy atom. The first-order valence-electron chi connectivity index (χ1n) is 14.4. The zero-order valence-electron chi connectivity index (χ0n) is 24.2. The van der Waals surface area contributed by atoms with Gasteiger partial charge < -0.3 is 0 Å². The summed E-state index contributed by atoms with van der Waals surface area (Å²) < 4.78 is 34.1. The van der Waals surface area contributed by atoms with Crippen LogP contribution in [0.2, 0.25) is 0 Å². The van der Waals surface area contributed by atoms with E-state index in [1.807, 2.05) is 58.9 Å². The molecule has 2 atom stereocenters. The fourth-order valence-corrected chi connectivity index (χ4v) is 6.51. The summed E-state index contributed by atoms with van der Waals surface area (Å²) in [6.45, 7) is 2.12. The first-order valence-corrected chi connectivity index (χ1v) is 14.4. The van der Waals surface area contributed by atoms with Gasteiger partial charge in [0.1, 0.15) is 24.3 Å². The molecule has 6 aromatic rings. The third-order valence-electron chi connectivity index (χ3n) is 8.51. The van der Waals surface area contributed by atoms with Crippen LogP contribution < -0.4 is 0 Å². The van der Waals surface area contributed by atoms with E-state index in [9.17, 15) is 4.39 Å². The maximum absolute atomic E-state index is 16.0. The van der Waals surface area contributed by atoms with Gasteiger partial charge in [0.2, 0.25) is 0 Å². The molecule has 4 aromatic carbocycles. The van der Waals surface area contributed by atoms with Crippen LogP contribution in [0.15, 0.2) is 128 Å². The van der Waals surface area contributed by atoms with Crippen LogP contribution in [-0.2, 0) is 25.4 Å². The second-order valence-corrected chi connectivity index (χ2v) is 11.2. The van der Waals surface area contributed by atoms with E-state index < -0.39 is 23.1 Å². The van der Waals surface area contributed by atoms with Gasteiger partial charge in [0.25, 0.3) is 0 Å². The number of hydrogen-bond donors (Lipinski definition) is 0. The van der Waals surface area contributed by atoms with Crippen LogP contribution in [0, 0.1) is 11.6 Å². The largest absolute Gasteiger partial charge is 0.268 e. The predicted molar refractivity (Wildman–Crippen MR) is 164 cm³/mol. The predicted octanol–water partition coefficient (Wildman–Crippen LogP) is 7.73. The standard InChI is InChI=1S/C36H33F2N5/c1-26(29-13-15-30(16-14-29)34-19-20-40-42(34)2)35(32-18-17-31(37)21-33(32)38)36(43-25-39-24-41-43,22-27-9-5-3-6-10-27)23-28-11-7-4-8-12-28/h3-21,24-26,35H,22-23H2,1-2H3/t26-,35?/m1/s1. The molecule has 0 aliphatic carbocycles. The summed E-state index contributed by atoms with van der Waals surface area (Å²) in [7, 11) is 1.92. The average Bonchev–Trinajstić information content (AvgIpc) is 3.72. The van der Waals surface area contributed by atoms with Gasteiger partial charge in [-0.3, -0.25) is 4.68 Å². The summed E-state index contributed by atoms with van der Waals surface area (Å²) in [4.78, 5) is 4.35. The summed E-state index contributed by atoms with van der Waals surface area (Å²) in [5, 5.41) is 9.01. The van der Waals surface area contributed by atoms with E-state index in [0.717, 1.165) is 34.0 Å². The molecule has 1 unspecified atom stereocenters. The van der Waals surface area contributed by atoms with E-state index in [0.29, 0.717) is 18.4 Å². The number of aryl methyl sites for hydroxylation is 1. The Balaban J connectivity index is 1.57. The highest BCUT2D eigenvalue weighted by Crippen LogP contribution is 2.49. The molecule has 5 nitrogen and oxygen atoms in total. The average molecular weight is 574 g/mol. The van der Waals surface area contributed by atoms with Crippen molar-refractivity contribution in [2.45, 2.75) is 37.1 Å². The quantitative estimate of drug-likeness (QED) is 0.169. The molecule has 0 N–H and O–H groups in total. The van der Waals surface area contributed by atoms with Gasteiger partial charge in [-0.15, -0.1) is 0 Å². The SMILES string of the molecule is C[C@H](c1ccc(-c2ccnn2C)cc1)C(c1ccc(F)cc1F)C(Cc1ccccc1)(Cc1ccccc1)n1cncn1. The monoisotopic (exact) mass is 573 g/mol. The topological polar surface area (TPSA) is 48.5 Å². The summed E-state index contributed by atoms with van der Waals surface area (Å²) in [5.41, 5.74) is 4.87. The van der Waals surface area contributed by atoms with E-state index in [-0.39, 0.29) is 5.92 Å². The number of aromatic nitrogens is 5. The van der Waals surface area contributed by atoms with E-state index in [1.54, 1.807) is 18.6 Å². The minimum Gasteiger partial charge on any atom is -0.268 e. The highest BCUT2D eigenvalue weighted by atomic mass is 19.1. The fraction of sp³-hybridized carbons (Fsp3) is 0.194. The first kappa shape index (κ1) is 28.2. The summed E-state index contributed by atoms with van der Waals surface area (Å²) >= 11 is 0. The number of hydrogen-bond acceptors (Lipinski definition) is 3. The van der Waals surface area contributed by atoms with E-state index >= 15 is 4.39 Å². The second kappa shape index (κ2) is 12.1. The molecule has 0 aliphatic heterocycles. The molecule has 0 amide bonds. The van der Waals surface area contributed by atoms with E-state index in [4.69, 9.17) is 5.10 Å². The summed E-state index contributed by atoms with van der Waals surface area (Å²) in [5.74, 6) is -1.84. The van der Waals surface area contributed by atoms with Gasteiger partial charge in [-0.2, -0.15) is 10.2 Å². The minimum absolute atomic E-state index is 0.197. The molecule has 7 heteroatoms. The molecule has 0 aliphatic rings. The van der Waals surface area contributed by atoms with Crippen LogP contribution in [0.3, 0.4) is 0 Å². The zero-order chi connectivity index (χ0) is 29.8. The van der Waals surface area contributed by atoms with Gasteiger partial charge in [-0.25, -0.2) is 18.4 Å². The smallest absolute Gasteiger partial charge is 0.137 e. The highest BCUT2D eigenvalue weighted by molar-refractivity contribution is 5.59. The van der Waals surface area contributed by atoms with Gasteiger partial charge in [0, 0.05) is 25.2 Å².